The number of ether oxygens (including phenoxy) is 2. The lowest BCUT2D eigenvalue weighted by molar-refractivity contribution is -0.130. The molecule has 0 bridgehead atoms. The third-order valence-corrected chi connectivity index (χ3v) is 5.46. The maximum atomic E-state index is 13.3. The van der Waals surface area contributed by atoms with Crippen LogP contribution < -0.4 is 4.90 Å². The van der Waals surface area contributed by atoms with Crippen molar-refractivity contribution < 1.29 is 18.7 Å². The molecule has 2 aliphatic rings. The smallest absolute Gasteiger partial charge is 0.283 e. The molecule has 5 nitrogen and oxygen atoms in total. The van der Waals surface area contributed by atoms with Gasteiger partial charge >= 0.3 is 0 Å². The van der Waals surface area contributed by atoms with Crippen molar-refractivity contribution in [1.82, 2.24) is 0 Å². The number of thioether (sulfide) groups is 1. The molecular weight excluding hydrogens is 379 g/mol. The minimum Gasteiger partial charge on any atom is -0.355 e. The molecule has 2 aliphatic heterocycles. The largest absolute Gasteiger partial charge is 0.355 e. The summed E-state index contributed by atoms with van der Waals surface area (Å²) >= 11 is 1.46. The third-order valence-electron chi connectivity index (χ3n) is 4.39. The van der Waals surface area contributed by atoms with Crippen LogP contribution in [-0.2, 0) is 14.3 Å². The number of amides is 1. The van der Waals surface area contributed by atoms with E-state index in [1.165, 1.54) is 28.8 Å². The van der Waals surface area contributed by atoms with Crippen LogP contribution in [0.4, 0.5) is 10.1 Å². The summed E-state index contributed by atoms with van der Waals surface area (Å²) in [7, 11) is 0. The Bertz CT molecular complexity index is 894. The van der Waals surface area contributed by atoms with Crippen LogP contribution in [0.1, 0.15) is 12.0 Å². The zero-order valence-corrected chi connectivity index (χ0v) is 15.9. The lowest BCUT2D eigenvalue weighted by Crippen LogP contribution is -2.32. The molecule has 0 spiro atoms. The number of rotatable bonds is 4. The van der Waals surface area contributed by atoms with E-state index in [2.05, 4.69) is 4.99 Å². The van der Waals surface area contributed by atoms with Crippen LogP contribution >= 0.6 is 11.8 Å². The number of hydrogen-bond donors (Lipinski definition) is 0. The predicted octanol–water partition coefficient (Wildman–Crippen LogP) is 4.07. The molecule has 2 aromatic carbocycles. The second kappa shape index (κ2) is 8.68. The highest BCUT2D eigenvalue weighted by Gasteiger charge is 2.32. The van der Waals surface area contributed by atoms with Crippen molar-refractivity contribution in [2.24, 2.45) is 4.99 Å². The molecule has 1 atom stereocenters. The Morgan fingerprint density at radius 3 is 2.68 bits per heavy atom. The van der Waals surface area contributed by atoms with E-state index in [1.54, 1.807) is 18.2 Å². The number of hydrogen-bond acceptors (Lipinski definition) is 5. The van der Waals surface area contributed by atoms with Crippen molar-refractivity contribution in [3.8, 4) is 0 Å². The Morgan fingerprint density at radius 2 is 1.96 bits per heavy atom. The molecule has 0 N–H and O–H groups in total. The quantitative estimate of drug-likeness (QED) is 0.729. The van der Waals surface area contributed by atoms with E-state index in [1.807, 2.05) is 30.3 Å². The first kappa shape index (κ1) is 18.9. The number of aliphatic imine (C=N–C) groups is 1. The van der Waals surface area contributed by atoms with E-state index in [0.29, 0.717) is 28.9 Å². The second-order valence-electron chi connectivity index (χ2n) is 6.37. The highest BCUT2D eigenvalue weighted by Crippen LogP contribution is 2.30. The van der Waals surface area contributed by atoms with Crippen molar-refractivity contribution in [2.75, 3.05) is 24.1 Å². The van der Waals surface area contributed by atoms with Crippen LogP contribution in [0.15, 0.2) is 65.3 Å². The summed E-state index contributed by atoms with van der Waals surface area (Å²) in [6.07, 6.45) is 2.61. The molecule has 1 fully saturated rings. The number of halogens is 1. The van der Waals surface area contributed by atoms with Gasteiger partial charge in [-0.3, -0.25) is 9.69 Å². The number of anilines is 1. The Kier molecular flexibility index (Phi) is 5.85. The van der Waals surface area contributed by atoms with E-state index in [-0.39, 0.29) is 24.6 Å². The van der Waals surface area contributed by atoms with Gasteiger partial charge in [-0.1, -0.05) is 42.1 Å². The van der Waals surface area contributed by atoms with Crippen molar-refractivity contribution in [3.63, 3.8) is 0 Å². The Balaban J connectivity index is 1.60. The molecule has 1 saturated heterocycles. The van der Waals surface area contributed by atoms with Gasteiger partial charge in [-0.05, 0) is 42.3 Å². The summed E-state index contributed by atoms with van der Waals surface area (Å²) in [5, 5.41) is 0.564. The van der Waals surface area contributed by atoms with Crippen LogP contribution in [0.25, 0.3) is 6.08 Å². The van der Waals surface area contributed by atoms with Gasteiger partial charge in [-0.2, -0.15) is 0 Å². The summed E-state index contributed by atoms with van der Waals surface area (Å²) in [6, 6.07) is 15.4. The number of carbonyl (C=O) groups is 1. The van der Waals surface area contributed by atoms with Gasteiger partial charge in [-0.25, -0.2) is 9.38 Å². The molecule has 0 saturated carbocycles. The zero-order valence-electron chi connectivity index (χ0n) is 15.1. The van der Waals surface area contributed by atoms with E-state index in [4.69, 9.17) is 9.47 Å². The lowest BCUT2D eigenvalue weighted by Gasteiger charge is -2.23. The molecule has 0 aliphatic carbocycles. The highest BCUT2D eigenvalue weighted by molar-refractivity contribution is 8.14. The summed E-state index contributed by atoms with van der Waals surface area (Å²) < 4.78 is 24.1. The summed E-state index contributed by atoms with van der Waals surface area (Å²) in [4.78, 5) is 19.1. The van der Waals surface area contributed by atoms with Crippen molar-refractivity contribution in [1.29, 1.82) is 0 Å². The molecule has 28 heavy (non-hydrogen) atoms. The van der Waals surface area contributed by atoms with Crippen molar-refractivity contribution >= 4 is 34.6 Å². The molecule has 0 radical (unpaired) electrons. The average Bonchev–Trinajstić information content (AvgIpc) is 3.04. The van der Waals surface area contributed by atoms with Gasteiger partial charge in [0.05, 0.1) is 18.4 Å². The van der Waals surface area contributed by atoms with E-state index >= 15 is 0 Å². The molecule has 2 heterocycles. The van der Waals surface area contributed by atoms with Gasteiger partial charge in [0.25, 0.3) is 5.91 Å². The Hall–Kier alpha value is -2.48. The molecular formula is C21H19FN2O3S. The van der Waals surface area contributed by atoms with Crippen LogP contribution in [0.3, 0.4) is 0 Å². The van der Waals surface area contributed by atoms with Crippen LogP contribution in [0, 0.1) is 5.82 Å². The van der Waals surface area contributed by atoms with Crippen molar-refractivity contribution in [2.45, 2.75) is 12.5 Å². The van der Waals surface area contributed by atoms with E-state index in [0.717, 1.165) is 12.0 Å². The second-order valence-corrected chi connectivity index (χ2v) is 7.35. The van der Waals surface area contributed by atoms with Crippen molar-refractivity contribution in [3.05, 3.63) is 71.7 Å². The minimum atomic E-state index is -0.350. The number of carbonyl (C=O) groups excluding carboxylic acids is 1. The van der Waals surface area contributed by atoms with Gasteiger partial charge in [0, 0.05) is 5.75 Å². The first-order valence-corrected chi connectivity index (χ1v) is 9.97. The SMILES string of the molecule is O=C1/C(=C\c2ccccc2)N=C(SC[C@H]2CCOCO2)N1c1ccc(F)cc1. The maximum absolute atomic E-state index is 13.3. The van der Waals surface area contributed by atoms with Gasteiger partial charge in [0.2, 0.25) is 0 Å². The number of amidine groups is 1. The monoisotopic (exact) mass is 398 g/mol. The predicted molar refractivity (Wildman–Crippen MR) is 109 cm³/mol. The van der Waals surface area contributed by atoms with Gasteiger partial charge in [0.15, 0.2) is 5.17 Å². The summed E-state index contributed by atoms with van der Waals surface area (Å²) in [5.74, 6) is 0.0780. The summed E-state index contributed by atoms with van der Waals surface area (Å²) in [5.41, 5.74) is 1.83. The average molecular weight is 398 g/mol. The van der Waals surface area contributed by atoms with Crippen LogP contribution in [0.2, 0.25) is 0 Å². The van der Waals surface area contributed by atoms with Crippen LogP contribution in [0.5, 0.6) is 0 Å². The van der Waals surface area contributed by atoms with Crippen LogP contribution in [-0.4, -0.2) is 36.3 Å². The molecule has 2 aromatic rings. The standard InChI is InChI=1S/C21H19FN2O3S/c22-16-6-8-17(9-7-16)24-20(25)19(12-15-4-2-1-3-5-15)23-21(24)28-13-18-10-11-26-14-27-18/h1-9,12,18H,10-11,13-14H2/b19-12+/t18-/m1/s1. The fraction of sp³-hybridized carbons (Fsp3) is 0.238. The Morgan fingerprint density at radius 1 is 1.18 bits per heavy atom. The third kappa shape index (κ3) is 4.32. The van der Waals surface area contributed by atoms with Gasteiger partial charge in [-0.15, -0.1) is 0 Å². The molecule has 7 heteroatoms. The topological polar surface area (TPSA) is 51.1 Å². The first-order chi connectivity index (χ1) is 13.7. The van der Waals surface area contributed by atoms with Gasteiger partial charge < -0.3 is 9.47 Å². The normalized spacial score (nSPS) is 21.2. The van der Waals surface area contributed by atoms with E-state index in [9.17, 15) is 9.18 Å². The number of benzene rings is 2. The molecule has 1 amide bonds. The lowest BCUT2D eigenvalue weighted by atomic mass is 10.2. The fourth-order valence-electron chi connectivity index (χ4n) is 2.92. The number of nitrogens with zero attached hydrogens (tertiary/aromatic N) is 2. The highest BCUT2D eigenvalue weighted by atomic mass is 32.2. The first-order valence-electron chi connectivity index (χ1n) is 8.98. The fourth-order valence-corrected chi connectivity index (χ4v) is 4.00. The Labute approximate surface area is 166 Å². The summed E-state index contributed by atoms with van der Waals surface area (Å²) in [6.45, 7) is 0.953. The van der Waals surface area contributed by atoms with E-state index < -0.39 is 0 Å². The minimum absolute atomic E-state index is 0.0498. The molecule has 0 unspecified atom stereocenters. The molecule has 144 valence electrons. The maximum Gasteiger partial charge on any atom is 0.283 e. The molecule has 0 aromatic heterocycles. The van der Waals surface area contributed by atoms with Gasteiger partial charge in [0.1, 0.15) is 18.3 Å². The molecule has 4 rings (SSSR count). The zero-order chi connectivity index (χ0) is 19.3.